The van der Waals surface area contributed by atoms with E-state index in [2.05, 4.69) is 56.1 Å². The third kappa shape index (κ3) is 4.04. The van der Waals surface area contributed by atoms with Crippen LogP contribution in [0, 0.1) is 24.2 Å². The first-order valence-electron chi connectivity index (χ1n) is 5.79. The third-order valence-corrected chi connectivity index (χ3v) is 2.78. The SMILES string of the molecule is CCC(C#N)CN(C)Cc1ccc(C)cc1. The van der Waals surface area contributed by atoms with Gasteiger partial charge in [-0.05, 0) is 26.0 Å². The molecule has 0 radical (unpaired) electrons. The van der Waals surface area contributed by atoms with E-state index in [4.69, 9.17) is 5.26 Å². The van der Waals surface area contributed by atoms with Gasteiger partial charge in [0.15, 0.2) is 0 Å². The normalized spacial score (nSPS) is 12.4. The summed E-state index contributed by atoms with van der Waals surface area (Å²) in [7, 11) is 2.07. The van der Waals surface area contributed by atoms with Gasteiger partial charge in [0.2, 0.25) is 0 Å². The average Bonchev–Trinajstić information content (AvgIpc) is 2.29. The number of nitrogens with zero attached hydrogens (tertiary/aromatic N) is 2. The van der Waals surface area contributed by atoms with E-state index in [1.807, 2.05) is 0 Å². The maximum atomic E-state index is 8.90. The first-order chi connectivity index (χ1) is 7.65. The van der Waals surface area contributed by atoms with Crippen LogP contribution < -0.4 is 0 Å². The number of benzene rings is 1. The summed E-state index contributed by atoms with van der Waals surface area (Å²) in [6.07, 6.45) is 0.925. The summed E-state index contributed by atoms with van der Waals surface area (Å²) in [6, 6.07) is 10.9. The van der Waals surface area contributed by atoms with Crippen molar-refractivity contribution in [2.75, 3.05) is 13.6 Å². The zero-order valence-electron chi connectivity index (χ0n) is 10.4. The van der Waals surface area contributed by atoms with Crippen molar-refractivity contribution in [3.63, 3.8) is 0 Å². The highest BCUT2D eigenvalue weighted by molar-refractivity contribution is 5.21. The number of nitriles is 1. The van der Waals surface area contributed by atoms with Crippen LogP contribution in [-0.4, -0.2) is 18.5 Å². The largest absolute Gasteiger partial charge is 0.301 e. The van der Waals surface area contributed by atoms with Crippen LogP contribution in [-0.2, 0) is 6.54 Å². The van der Waals surface area contributed by atoms with Crippen molar-refractivity contribution < 1.29 is 0 Å². The Kier molecular flexibility index (Phi) is 5.01. The quantitative estimate of drug-likeness (QED) is 0.756. The minimum atomic E-state index is 0.149. The first kappa shape index (κ1) is 12.7. The maximum absolute atomic E-state index is 8.90. The molecule has 1 atom stereocenters. The predicted molar refractivity (Wildman–Crippen MR) is 66.9 cm³/mol. The molecular weight excluding hydrogens is 196 g/mol. The minimum Gasteiger partial charge on any atom is -0.301 e. The molecule has 0 aliphatic carbocycles. The lowest BCUT2D eigenvalue weighted by Gasteiger charge is -2.19. The Morgan fingerprint density at radius 3 is 2.44 bits per heavy atom. The Morgan fingerprint density at radius 1 is 1.31 bits per heavy atom. The summed E-state index contributed by atoms with van der Waals surface area (Å²) in [4.78, 5) is 2.21. The summed E-state index contributed by atoms with van der Waals surface area (Å²) < 4.78 is 0. The van der Waals surface area contributed by atoms with E-state index in [0.717, 1.165) is 19.5 Å². The predicted octanol–water partition coefficient (Wildman–Crippen LogP) is 2.98. The van der Waals surface area contributed by atoms with Crippen LogP contribution in [0.3, 0.4) is 0 Å². The molecule has 1 unspecified atom stereocenters. The topological polar surface area (TPSA) is 27.0 Å². The van der Waals surface area contributed by atoms with Gasteiger partial charge in [-0.2, -0.15) is 5.26 Å². The molecule has 2 nitrogen and oxygen atoms in total. The van der Waals surface area contributed by atoms with Crippen LogP contribution in [0.15, 0.2) is 24.3 Å². The smallest absolute Gasteiger partial charge is 0.0669 e. The standard InChI is InChI=1S/C14H20N2/c1-4-13(9-15)10-16(3)11-14-7-5-12(2)6-8-14/h5-8,13H,4,10-11H2,1-3H3. The Bertz CT molecular complexity index is 348. The highest BCUT2D eigenvalue weighted by Gasteiger charge is 2.08. The van der Waals surface area contributed by atoms with E-state index in [1.54, 1.807) is 0 Å². The van der Waals surface area contributed by atoms with Gasteiger partial charge in [0.1, 0.15) is 0 Å². The number of aryl methyl sites for hydroxylation is 1. The van der Waals surface area contributed by atoms with Crippen molar-refractivity contribution in [1.82, 2.24) is 4.90 Å². The summed E-state index contributed by atoms with van der Waals surface area (Å²) in [5.41, 5.74) is 2.59. The van der Waals surface area contributed by atoms with Gasteiger partial charge in [0.05, 0.1) is 12.0 Å². The van der Waals surface area contributed by atoms with E-state index in [0.29, 0.717) is 0 Å². The van der Waals surface area contributed by atoms with E-state index in [9.17, 15) is 0 Å². The molecule has 0 aliphatic rings. The van der Waals surface area contributed by atoms with Crippen molar-refractivity contribution in [2.45, 2.75) is 26.8 Å². The molecule has 0 saturated carbocycles. The summed E-state index contributed by atoms with van der Waals surface area (Å²) in [6.45, 7) is 5.92. The second kappa shape index (κ2) is 6.30. The number of hydrogen-bond acceptors (Lipinski definition) is 2. The Morgan fingerprint density at radius 2 is 1.94 bits per heavy atom. The molecule has 0 saturated heterocycles. The zero-order chi connectivity index (χ0) is 12.0. The molecular formula is C14H20N2. The van der Waals surface area contributed by atoms with Crippen molar-refractivity contribution in [1.29, 1.82) is 5.26 Å². The summed E-state index contributed by atoms with van der Waals surface area (Å²) >= 11 is 0. The molecule has 16 heavy (non-hydrogen) atoms. The maximum Gasteiger partial charge on any atom is 0.0669 e. The van der Waals surface area contributed by atoms with Crippen LogP contribution in [0.2, 0.25) is 0 Å². The fourth-order valence-corrected chi connectivity index (χ4v) is 1.71. The first-order valence-corrected chi connectivity index (χ1v) is 5.79. The molecule has 0 fully saturated rings. The molecule has 1 aromatic carbocycles. The van der Waals surface area contributed by atoms with Gasteiger partial charge in [-0.25, -0.2) is 0 Å². The second-order valence-electron chi connectivity index (χ2n) is 4.42. The summed E-state index contributed by atoms with van der Waals surface area (Å²) in [5, 5.41) is 8.90. The third-order valence-electron chi connectivity index (χ3n) is 2.78. The monoisotopic (exact) mass is 216 g/mol. The second-order valence-corrected chi connectivity index (χ2v) is 4.42. The van der Waals surface area contributed by atoms with E-state index < -0.39 is 0 Å². The molecule has 0 heterocycles. The lowest BCUT2D eigenvalue weighted by atomic mass is 10.1. The van der Waals surface area contributed by atoms with Gasteiger partial charge < -0.3 is 4.90 Å². The molecule has 2 heteroatoms. The van der Waals surface area contributed by atoms with Crippen molar-refractivity contribution in [3.8, 4) is 6.07 Å². The number of hydrogen-bond donors (Lipinski definition) is 0. The average molecular weight is 216 g/mol. The minimum absolute atomic E-state index is 0.149. The highest BCUT2D eigenvalue weighted by Crippen LogP contribution is 2.08. The van der Waals surface area contributed by atoms with Gasteiger partial charge >= 0.3 is 0 Å². The van der Waals surface area contributed by atoms with Gasteiger partial charge in [-0.15, -0.1) is 0 Å². The van der Waals surface area contributed by atoms with E-state index >= 15 is 0 Å². The highest BCUT2D eigenvalue weighted by atomic mass is 15.1. The van der Waals surface area contributed by atoms with Crippen LogP contribution in [0.1, 0.15) is 24.5 Å². The van der Waals surface area contributed by atoms with E-state index in [1.165, 1.54) is 11.1 Å². The Balaban J connectivity index is 2.48. The van der Waals surface area contributed by atoms with Crippen molar-refractivity contribution in [2.24, 2.45) is 5.92 Å². The lowest BCUT2D eigenvalue weighted by Crippen LogP contribution is -2.24. The molecule has 0 bridgehead atoms. The molecule has 1 aromatic rings. The van der Waals surface area contributed by atoms with Crippen molar-refractivity contribution in [3.05, 3.63) is 35.4 Å². The molecule has 0 aliphatic heterocycles. The van der Waals surface area contributed by atoms with Gasteiger partial charge in [0.25, 0.3) is 0 Å². The summed E-state index contributed by atoms with van der Waals surface area (Å²) in [5.74, 6) is 0.149. The Labute approximate surface area is 98.5 Å². The van der Waals surface area contributed by atoms with Crippen LogP contribution in [0.5, 0.6) is 0 Å². The zero-order valence-corrected chi connectivity index (χ0v) is 10.4. The fourth-order valence-electron chi connectivity index (χ4n) is 1.71. The van der Waals surface area contributed by atoms with Gasteiger partial charge in [-0.3, -0.25) is 0 Å². The number of rotatable bonds is 5. The van der Waals surface area contributed by atoms with Gasteiger partial charge in [-0.1, -0.05) is 36.8 Å². The Hall–Kier alpha value is -1.33. The molecule has 86 valence electrons. The van der Waals surface area contributed by atoms with Crippen LogP contribution >= 0.6 is 0 Å². The molecule has 0 aromatic heterocycles. The molecule has 1 rings (SSSR count). The molecule has 0 N–H and O–H groups in total. The van der Waals surface area contributed by atoms with E-state index in [-0.39, 0.29) is 5.92 Å². The van der Waals surface area contributed by atoms with Crippen LogP contribution in [0.4, 0.5) is 0 Å². The molecule has 0 amide bonds. The van der Waals surface area contributed by atoms with Gasteiger partial charge in [0, 0.05) is 13.1 Å². The van der Waals surface area contributed by atoms with Crippen molar-refractivity contribution >= 4 is 0 Å². The molecule has 0 spiro atoms. The lowest BCUT2D eigenvalue weighted by molar-refractivity contribution is 0.292. The fraction of sp³-hybridized carbons (Fsp3) is 0.500. The van der Waals surface area contributed by atoms with Crippen LogP contribution in [0.25, 0.3) is 0 Å².